The number of carbonyl (C=O) groups is 7. The van der Waals surface area contributed by atoms with E-state index in [-0.39, 0.29) is 29.7 Å². The van der Waals surface area contributed by atoms with Gasteiger partial charge in [-0.05, 0) is 54.5 Å². The Balaban J connectivity index is 2.57. The van der Waals surface area contributed by atoms with Gasteiger partial charge in [-0.1, -0.05) is 51.1 Å². The van der Waals surface area contributed by atoms with Crippen molar-refractivity contribution in [3.05, 3.63) is 76.1 Å². The fraction of sp³-hybridized carbons (Fsp3) is 0.500. The Labute approximate surface area is 327 Å². The third-order valence-corrected chi connectivity index (χ3v) is 10.2. The van der Waals surface area contributed by atoms with Crippen LogP contribution in [0.4, 0.5) is 0 Å². The molecule has 0 saturated heterocycles. The predicted molar refractivity (Wildman–Crippen MR) is 201 cm³/mol. The summed E-state index contributed by atoms with van der Waals surface area (Å²) in [6.07, 6.45) is -2.38. The van der Waals surface area contributed by atoms with Crippen LogP contribution in [0.5, 0.6) is 0 Å². The van der Waals surface area contributed by atoms with E-state index in [9.17, 15) is 33.6 Å². The van der Waals surface area contributed by atoms with Crippen molar-refractivity contribution in [2.24, 2.45) is 10.8 Å². The number of hydrogen-bond donors (Lipinski definition) is 0. The predicted octanol–water partition coefficient (Wildman–Crippen LogP) is 5.82. The van der Waals surface area contributed by atoms with E-state index in [1.165, 1.54) is 52.8 Å². The Morgan fingerprint density at radius 1 is 0.679 bits per heavy atom. The van der Waals surface area contributed by atoms with Crippen LogP contribution in [0.1, 0.15) is 94.6 Å². The van der Waals surface area contributed by atoms with Crippen molar-refractivity contribution < 1.29 is 66.7 Å². The Morgan fingerprint density at radius 3 is 1.79 bits per heavy atom. The topological polar surface area (TPSA) is 184 Å². The highest BCUT2D eigenvalue weighted by Crippen LogP contribution is 2.59. The van der Waals surface area contributed by atoms with Gasteiger partial charge < -0.3 is 33.2 Å². The van der Waals surface area contributed by atoms with Gasteiger partial charge in [0.15, 0.2) is 11.9 Å². The number of fused-ring (bicyclic) bond motifs is 2. The molecule has 304 valence electrons. The van der Waals surface area contributed by atoms with Gasteiger partial charge in [-0.15, -0.1) is 0 Å². The van der Waals surface area contributed by atoms with Crippen molar-refractivity contribution in [3.63, 3.8) is 0 Å². The molecule has 0 N–H and O–H groups in total. The number of ether oxygens (including phenoxy) is 7. The normalized spacial score (nSPS) is 27.3. The van der Waals surface area contributed by atoms with Gasteiger partial charge in [0.1, 0.15) is 31.0 Å². The molecule has 0 radical (unpaired) electrons. The van der Waals surface area contributed by atoms with Crippen LogP contribution in [-0.2, 0) is 66.7 Å². The summed E-state index contributed by atoms with van der Waals surface area (Å²) in [5.41, 5.74) is -0.650. The van der Waals surface area contributed by atoms with Crippen molar-refractivity contribution in [1.82, 2.24) is 0 Å². The Kier molecular flexibility index (Phi) is 15.1. The van der Waals surface area contributed by atoms with E-state index in [1.54, 1.807) is 38.1 Å². The Morgan fingerprint density at radius 2 is 1.25 bits per heavy atom. The van der Waals surface area contributed by atoms with Crippen LogP contribution in [0.15, 0.2) is 70.5 Å². The summed E-state index contributed by atoms with van der Waals surface area (Å²) in [7, 11) is 0. The molecule has 14 heteroatoms. The van der Waals surface area contributed by atoms with E-state index in [0.717, 1.165) is 13.8 Å². The SMILES string of the molecule is CC(=O)OC/C1=C\[C@H](OC(C)=O)[C@]2(C)C[C@H](OC(C)=O)C(C)=C([C@@H](OC(C)=O)/C(OC(C)=O)=C(/C)[C@@H](OC(C)=O)C[C@@H]1OC(=O)/C=C/c1ccccc1)C2(C)C. The van der Waals surface area contributed by atoms with Gasteiger partial charge >= 0.3 is 41.8 Å². The molecule has 6 atom stereocenters. The van der Waals surface area contributed by atoms with E-state index < -0.39 is 89.7 Å². The molecule has 0 aromatic heterocycles. The molecule has 3 rings (SSSR count). The Hall–Kier alpha value is -5.53. The maximum Gasteiger partial charge on any atom is 0.331 e. The van der Waals surface area contributed by atoms with Crippen molar-refractivity contribution in [2.75, 3.05) is 6.61 Å². The summed E-state index contributed by atoms with van der Waals surface area (Å²) < 4.78 is 41.1. The molecule has 0 spiro atoms. The van der Waals surface area contributed by atoms with Crippen molar-refractivity contribution >= 4 is 47.9 Å². The number of carbonyl (C=O) groups excluding carboxylic acids is 7. The molecule has 0 fully saturated rings. The molecule has 0 aliphatic heterocycles. The monoisotopic (exact) mass is 780 g/mol. The van der Waals surface area contributed by atoms with Crippen LogP contribution in [-0.4, -0.2) is 78.9 Å². The summed E-state index contributed by atoms with van der Waals surface area (Å²) in [6.45, 7) is 15.2. The van der Waals surface area contributed by atoms with E-state index in [4.69, 9.17) is 33.2 Å². The fourth-order valence-corrected chi connectivity index (χ4v) is 7.21. The minimum Gasteiger partial charge on any atom is -0.461 e. The molecule has 1 aromatic carbocycles. The van der Waals surface area contributed by atoms with Gasteiger partial charge in [0, 0.05) is 70.6 Å². The minimum atomic E-state index is -1.47. The molecule has 14 nitrogen and oxygen atoms in total. The Bertz CT molecular complexity index is 1830. The zero-order valence-corrected chi connectivity index (χ0v) is 33.8. The number of benzene rings is 1. The molecule has 1 aromatic rings. The smallest absolute Gasteiger partial charge is 0.331 e. The quantitative estimate of drug-likeness (QED) is 0.120. The standard InChI is InChI=1S/C42H52O14/c1-23-35(52-27(5)45)21-42(11)36(53-28(6)46)19-32(22-50-25(3)43)34(56-37(49)18-17-31-15-13-12-14-16-31)20-33(51-26(4)44)24(2)39(54-29(7)47)40(55-30(8)48)38(23)41(42,9)10/h12-19,33-36,40H,20-22H2,1-11H3/b18-17+,32-19+,39-24+/t33-,34-,35-,36-,40+,42-/m0/s1. The fourth-order valence-electron chi connectivity index (χ4n) is 7.21. The van der Waals surface area contributed by atoms with E-state index in [2.05, 4.69) is 0 Å². The average molecular weight is 781 g/mol. The number of rotatable bonds is 10. The number of hydrogen-bond acceptors (Lipinski definition) is 14. The first kappa shape index (κ1) is 44.9. The lowest BCUT2D eigenvalue weighted by atomic mass is 9.52. The van der Waals surface area contributed by atoms with Gasteiger partial charge in [-0.25, -0.2) is 4.79 Å². The van der Waals surface area contributed by atoms with Crippen LogP contribution in [0.2, 0.25) is 0 Å². The maximum absolute atomic E-state index is 13.6. The van der Waals surface area contributed by atoms with Crippen molar-refractivity contribution in [3.8, 4) is 0 Å². The summed E-state index contributed by atoms with van der Waals surface area (Å²) in [5.74, 6) is -5.39. The van der Waals surface area contributed by atoms with Crippen LogP contribution in [0, 0.1) is 10.8 Å². The summed E-state index contributed by atoms with van der Waals surface area (Å²) in [5, 5.41) is 0. The summed E-state index contributed by atoms with van der Waals surface area (Å²) in [4.78, 5) is 90.0. The molecule has 0 unspecified atom stereocenters. The highest BCUT2D eigenvalue weighted by molar-refractivity contribution is 5.87. The zero-order chi connectivity index (χ0) is 42.1. The van der Waals surface area contributed by atoms with E-state index in [1.807, 2.05) is 19.9 Å². The molecular formula is C42H52O14. The second-order valence-corrected chi connectivity index (χ2v) is 14.6. The van der Waals surface area contributed by atoms with Gasteiger partial charge in [0.2, 0.25) is 0 Å². The molecule has 2 bridgehead atoms. The molecule has 2 aliphatic rings. The molecular weight excluding hydrogens is 728 g/mol. The first-order chi connectivity index (χ1) is 26.1. The lowest BCUT2D eigenvalue weighted by molar-refractivity contribution is -0.164. The zero-order valence-electron chi connectivity index (χ0n) is 33.8. The first-order valence-corrected chi connectivity index (χ1v) is 18.1. The highest BCUT2D eigenvalue weighted by Gasteiger charge is 2.58. The van der Waals surface area contributed by atoms with Crippen LogP contribution in [0.3, 0.4) is 0 Å². The molecule has 0 saturated carbocycles. The third kappa shape index (κ3) is 11.3. The highest BCUT2D eigenvalue weighted by atomic mass is 16.6. The van der Waals surface area contributed by atoms with Gasteiger partial charge in [-0.3, -0.25) is 28.8 Å². The summed E-state index contributed by atoms with van der Waals surface area (Å²) in [6, 6.07) is 8.94. The maximum atomic E-state index is 13.6. The van der Waals surface area contributed by atoms with E-state index in [0.29, 0.717) is 16.7 Å². The van der Waals surface area contributed by atoms with Gasteiger partial charge in [0.05, 0.1) is 0 Å². The van der Waals surface area contributed by atoms with Crippen molar-refractivity contribution in [1.29, 1.82) is 0 Å². The number of esters is 7. The van der Waals surface area contributed by atoms with Crippen LogP contribution in [0.25, 0.3) is 6.08 Å². The first-order valence-electron chi connectivity index (χ1n) is 18.1. The largest absolute Gasteiger partial charge is 0.461 e. The molecule has 0 heterocycles. The molecule has 56 heavy (non-hydrogen) atoms. The molecule has 2 aliphatic carbocycles. The lowest BCUT2D eigenvalue weighted by Crippen LogP contribution is -2.55. The minimum absolute atomic E-state index is 0.0585. The second-order valence-electron chi connectivity index (χ2n) is 14.6. The second kappa shape index (κ2) is 18.9. The molecule has 0 amide bonds. The van der Waals surface area contributed by atoms with E-state index >= 15 is 0 Å². The lowest BCUT2D eigenvalue weighted by Gasteiger charge is -2.55. The van der Waals surface area contributed by atoms with Gasteiger partial charge in [0.25, 0.3) is 0 Å². The van der Waals surface area contributed by atoms with Crippen LogP contribution < -0.4 is 0 Å². The third-order valence-electron chi connectivity index (χ3n) is 10.2. The van der Waals surface area contributed by atoms with Crippen molar-refractivity contribution in [2.45, 2.75) is 120 Å². The summed E-state index contributed by atoms with van der Waals surface area (Å²) >= 11 is 0. The average Bonchev–Trinajstić information content (AvgIpc) is 3.07. The van der Waals surface area contributed by atoms with Crippen LogP contribution >= 0.6 is 0 Å². The van der Waals surface area contributed by atoms with Gasteiger partial charge in [-0.2, -0.15) is 0 Å².